The lowest BCUT2D eigenvalue weighted by Crippen LogP contribution is -2.24. The molecule has 0 amide bonds. The Morgan fingerprint density at radius 2 is 2.15 bits per heavy atom. The average molecular weight is 292 g/mol. The highest BCUT2D eigenvalue weighted by Crippen LogP contribution is 2.17. The third-order valence-corrected chi connectivity index (χ3v) is 2.93. The van der Waals surface area contributed by atoms with Gasteiger partial charge in [0.1, 0.15) is 18.5 Å². The molecule has 0 radical (unpaired) electrons. The molecule has 2 aromatic heterocycles. The molecule has 0 aliphatic rings. The van der Waals surface area contributed by atoms with E-state index < -0.39 is 11.4 Å². The zero-order valence-electron chi connectivity index (χ0n) is 9.94. The minimum atomic E-state index is -0.547. The van der Waals surface area contributed by atoms with Crippen molar-refractivity contribution < 1.29 is 4.39 Å². The Morgan fingerprint density at radius 1 is 1.30 bits per heavy atom. The molecule has 0 bridgehead atoms. The van der Waals surface area contributed by atoms with Gasteiger partial charge >= 0.3 is 0 Å². The molecule has 3 rings (SSSR count). The van der Waals surface area contributed by atoms with Crippen LogP contribution < -0.4 is 5.56 Å². The molecular weight excluding hydrogens is 285 g/mol. The van der Waals surface area contributed by atoms with Crippen molar-refractivity contribution in [3.63, 3.8) is 0 Å². The summed E-state index contributed by atoms with van der Waals surface area (Å²) in [6.45, 7) is 0. The van der Waals surface area contributed by atoms with E-state index in [0.717, 1.165) is 0 Å². The largest absolute Gasteiger partial charge is 0.300 e. The molecule has 0 spiro atoms. The van der Waals surface area contributed by atoms with Crippen molar-refractivity contribution in [3.05, 3.63) is 64.4 Å². The molecule has 2 heterocycles. The summed E-state index contributed by atoms with van der Waals surface area (Å²) in [4.78, 5) is 20.1. The third kappa shape index (κ3) is 2.08. The van der Waals surface area contributed by atoms with E-state index in [1.54, 1.807) is 0 Å². The zero-order chi connectivity index (χ0) is 14.1. The molecule has 0 aliphatic carbocycles. The first-order valence-electron chi connectivity index (χ1n) is 5.55. The minimum Gasteiger partial charge on any atom is -0.279 e. The first-order chi connectivity index (χ1) is 9.66. The monoisotopic (exact) mass is 291 g/mol. The highest BCUT2D eigenvalue weighted by atomic mass is 35.5. The maximum atomic E-state index is 13.2. The van der Waals surface area contributed by atoms with Gasteiger partial charge in [0.2, 0.25) is 5.82 Å². The second-order valence-electron chi connectivity index (χ2n) is 3.86. The Labute approximate surface area is 117 Å². The van der Waals surface area contributed by atoms with Crippen LogP contribution in [0.15, 0.2) is 48.0 Å². The summed E-state index contributed by atoms with van der Waals surface area (Å²) < 4.78 is 15.7. The SMILES string of the molecule is O=c1c(-n2cncn2)nccn1-c1ccc(F)c(Cl)c1. The molecule has 20 heavy (non-hydrogen) atoms. The Balaban J connectivity index is 2.18. The summed E-state index contributed by atoms with van der Waals surface area (Å²) in [6.07, 6.45) is 5.57. The van der Waals surface area contributed by atoms with Gasteiger partial charge in [-0.25, -0.2) is 14.4 Å². The number of hydrogen-bond donors (Lipinski definition) is 0. The molecule has 100 valence electrons. The van der Waals surface area contributed by atoms with Gasteiger partial charge in [0, 0.05) is 12.4 Å². The van der Waals surface area contributed by atoms with E-state index in [4.69, 9.17) is 11.6 Å². The number of rotatable bonds is 2. The highest BCUT2D eigenvalue weighted by molar-refractivity contribution is 6.30. The molecule has 8 heteroatoms. The van der Waals surface area contributed by atoms with Gasteiger partial charge in [-0.3, -0.25) is 9.36 Å². The molecule has 0 unspecified atom stereocenters. The van der Waals surface area contributed by atoms with Crippen LogP contribution >= 0.6 is 11.6 Å². The van der Waals surface area contributed by atoms with Crippen molar-refractivity contribution in [2.24, 2.45) is 0 Å². The Kier molecular flexibility index (Phi) is 3.03. The van der Waals surface area contributed by atoms with Gasteiger partial charge < -0.3 is 0 Å². The fraction of sp³-hybridized carbons (Fsp3) is 0. The summed E-state index contributed by atoms with van der Waals surface area (Å²) in [5, 5.41) is 3.80. The first-order valence-corrected chi connectivity index (χ1v) is 5.93. The zero-order valence-corrected chi connectivity index (χ0v) is 10.7. The number of benzene rings is 1. The average Bonchev–Trinajstić information content (AvgIpc) is 2.96. The molecule has 1 aromatic carbocycles. The van der Waals surface area contributed by atoms with Crippen molar-refractivity contribution in [3.8, 4) is 11.5 Å². The maximum Gasteiger partial charge on any atom is 0.300 e. The first kappa shape index (κ1) is 12.5. The van der Waals surface area contributed by atoms with E-state index in [1.807, 2.05) is 0 Å². The van der Waals surface area contributed by atoms with Crippen molar-refractivity contribution in [2.45, 2.75) is 0 Å². The molecule has 0 N–H and O–H groups in total. The summed E-state index contributed by atoms with van der Waals surface area (Å²) >= 11 is 5.72. The summed E-state index contributed by atoms with van der Waals surface area (Å²) in [7, 11) is 0. The Bertz CT molecular complexity index is 815. The second kappa shape index (κ2) is 4.86. The molecule has 0 fully saturated rings. The Hall–Kier alpha value is -2.54. The second-order valence-corrected chi connectivity index (χ2v) is 4.27. The third-order valence-electron chi connectivity index (χ3n) is 2.64. The minimum absolute atomic E-state index is 0.0616. The summed E-state index contributed by atoms with van der Waals surface area (Å²) in [5.74, 6) is -0.459. The maximum absolute atomic E-state index is 13.2. The van der Waals surface area contributed by atoms with Crippen molar-refractivity contribution in [1.82, 2.24) is 24.3 Å². The normalized spacial score (nSPS) is 10.7. The Morgan fingerprint density at radius 3 is 2.85 bits per heavy atom. The summed E-state index contributed by atoms with van der Waals surface area (Å²) in [5.41, 5.74) is 0.0193. The number of halogens is 2. The van der Waals surface area contributed by atoms with Crippen LogP contribution in [0.4, 0.5) is 4.39 Å². The van der Waals surface area contributed by atoms with Crippen molar-refractivity contribution in [2.75, 3.05) is 0 Å². The van der Waals surface area contributed by atoms with Gasteiger partial charge in [-0.1, -0.05) is 11.6 Å². The number of nitrogens with zero attached hydrogens (tertiary/aromatic N) is 5. The quantitative estimate of drug-likeness (QED) is 0.719. The van der Waals surface area contributed by atoms with Crippen LogP contribution in [0, 0.1) is 5.82 Å². The smallest absolute Gasteiger partial charge is 0.279 e. The van der Waals surface area contributed by atoms with Gasteiger partial charge in [-0.2, -0.15) is 9.78 Å². The lowest BCUT2D eigenvalue weighted by atomic mass is 10.3. The molecular formula is C12H7ClFN5O. The van der Waals surface area contributed by atoms with Crippen molar-refractivity contribution in [1.29, 1.82) is 0 Å². The van der Waals surface area contributed by atoms with Gasteiger partial charge in [0.05, 0.1) is 10.7 Å². The van der Waals surface area contributed by atoms with Crippen LogP contribution in [-0.2, 0) is 0 Å². The number of hydrogen-bond acceptors (Lipinski definition) is 4. The molecule has 0 aliphatic heterocycles. The predicted molar refractivity (Wildman–Crippen MR) is 69.7 cm³/mol. The van der Waals surface area contributed by atoms with Gasteiger partial charge in [-0.15, -0.1) is 0 Å². The molecule has 0 saturated heterocycles. The predicted octanol–water partition coefficient (Wildman–Crippen LogP) is 1.61. The number of aromatic nitrogens is 5. The van der Waals surface area contributed by atoms with Gasteiger partial charge in [0.15, 0.2) is 0 Å². The van der Waals surface area contributed by atoms with Gasteiger partial charge in [-0.05, 0) is 18.2 Å². The standard InChI is InChI=1S/C12H7ClFN5O/c13-9-5-8(1-2-10(9)14)18-4-3-16-11(12(18)20)19-7-15-6-17-19/h1-7H. The molecule has 6 nitrogen and oxygen atoms in total. The van der Waals surface area contributed by atoms with E-state index in [9.17, 15) is 9.18 Å². The van der Waals surface area contributed by atoms with Crippen LogP contribution in [-0.4, -0.2) is 24.3 Å². The van der Waals surface area contributed by atoms with E-state index in [2.05, 4.69) is 15.1 Å². The highest BCUT2D eigenvalue weighted by Gasteiger charge is 2.10. The van der Waals surface area contributed by atoms with E-state index >= 15 is 0 Å². The van der Waals surface area contributed by atoms with Crippen molar-refractivity contribution >= 4 is 11.6 Å². The van der Waals surface area contributed by atoms with E-state index in [0.29, 0.717) is 5.69 Å². The fourth-order valence-corrected chi connectivity index (χ4v) is 1.89. The van der Waals surface area contributed by atoms with Crippen LogP contribution in [0.5, 0.6) is 0 Å². The molecule has 0 saturated carbocycles. The molecule has 3 aromatic rings. The lowest BCUT2D eigenvalue weighted by Gasteiger charge is -2.07. The fourth-order valence-electron chi connectivity index (χ4n) is 1.71. The van der Waals surface area contributed by atoms with Crippen LogP contribution in [0.25, 0.3) is 11.5 Å². The summed E-state index contributed by atoms with van der Waals surface area (Å²) in [6, 6.07) is 4.01. The van der Waals surface area contributed by atoms with E-state index in [-0.39, 0.29) is 10.8 Å². The topological polar surface area (TPSA) is 65.6 Å². The van der Waals surface area contributed by atoms with Gasteiger partial charge in [0.25, 0.3) is 5.56 Å². The lowest BCUT2D eigenvalue weighted by molar-refractivity contribution is 0.627. The van der Waals surface area contributed by atoms with E-state index in [1.165, 1.54) is 52.5 Å². The van der Waals surface area contributed by atoms with Crippen LogP contribution in [0.3, 0.4) is 0 Å². The van der Waals surface area contributed by atoms with Crippen LogP contribution in [0.1, 0.15) is 0 Å². The van der Waals surface area contributed by atoms with Crippen LogP contribution in [0.2, 0.25) is 5.02 Å². The molecule has 0 atom stereocenters.